The number of hydrogen-bond acceptors (Lipinski definition) is 3. The van der Waals surface area contributed by atoms with Gasteiger partial charge in [0, 0.05) is 11.1 Å². The molecule has 0 radical (unpaired) electrons. The van der Waals surface area contributed by atoms with E-state index in [-0.39, 0.29) is 23.8 Å². The molecule has 2 aromatic carbocycles. The number of thiocarbonyl (C=S) groups is 1. The monoisotopic (exact) mass is 502 g/mol. The first-order chi connectivity index (χ1) is 14.9. The van der Waals surface area contributed by atoms with Gasteiger partial charge < -0.3 is 0 Å². The van der Waals surface area contributed by atoms with Crippen LogP contribution in [0.5, 0.6) is 0 Å². The highest BCUT2D eigenvalue weighted by atomic mass is 32.1. The van der Waals surface area contributed by atoms with Gasteiger partial charge in [-0.15, -0.1) is 0 Å². The molecule has 4 nitrogen and oxygen atoms in total. The SMILES string of the molecule is Cc1cc(C(=O)NC(=S)NC(=O)c2cc(C(F)(F)F)cc(C(F)(F)F)c2)cc(C(F)(F)F)c1. The number of nitrogens with one attached hydrogen (secondary N) is 2. The summed E-state index contributed by atoms with van der Waals surface area (Å²) in [6, 6.07) is 2.43. The largest absolute Gasteiger partial charge is 0.416 e. The van der Waals surface area contributed by atoms with Crippen molar-refractivity contribution in [3.63, 3.8) is 0 Å². The van der Waals surface area contributed by atoms with Gasteiger partial charge in [-0.05, 0) is 61.1 Å². The van der Waals surface area contributed by atoms with E-state index in [2.05, 4.69) is 12.2 Å². The van der Waals surface area contributed by atoms with Crippen LogP contribution < -0.4 is 10.6 Å². The van der Waals surface area contributed by atoms with Gasteiger partial charge in [-0.3, -0.25) is 20.2 Å². The van der Waals surface area contributed by atoms with E-state index in [1.165, 1.54) is 6.92 Å². The van der Waals surface area contributed by atoms with Crippen LogP contribution in [0.2, 0.25) is 0 Å². The molecule has 0 aliphatic carbocycles. The molecule has 0 aliphatic rings. The van der Waals surface area contributed by atoms with E-state index in [1.807, 2.05) is 5.32 Å². The fraction of sp³-hybridized carbons (Fsp3) is 0.211. The number of aryl methyl sites for hydroxylation is 1. The lowest BCUT2D eigenvalue weighted by atomic mass is 10.0. The predicted molar refractivity (Wildman–Crippen MR) is 100 cm³/mol. The van der Waals surface area contributed by atoms with Crippen molar-refractivity contribution in [2.75, 3.05) is 0 Å². The summed E-state index contributed by atoms with van der Waals surface area (Å²) in [6.07, 6.45) is -15.2. The van der Waals surface area contributed by atoms with Crippen molar-refractivity contribution in [3.05, 3.63) is 69.8 Å². The number of benzene rings is 2. The molecule has 0 aromatic heterocycles. The van der Waals surface area contributed by atoms with E-state index < -0.39 is 63.3 Å². The number of rotatable bonds is 2. The van der Waals surface area contributed by atoms with Gasteiger partial charge in [0.05, 0.1) is 16.7 Å². The van der Waals surface area contributed by atoms with E-state index in [1.54, 1.807) is 5.32 Å². The zero-order chi connectivity index (χ0) is 25.4. The second kappa shape index (κ2) is 9.00. The number of carbonyl (C=O) groups is 2. The number of carbonyl (C=O) groups excluding carboxylic acids is 2. The minimum absolute atomic E-state index is 0.0635. The van der Waals surface area contributed by atoms with Gasteiger partial charge >= 0.3 is 18.5 Å². The van der Waals surface area contributed by atoms with Crippen LogP contribution in [0.25, 0.3) is 0 Å². The predicted octanol–water partition coefficient (Wildman–Crippen LogP) is 5.50. The van der Waals surface area contributed by atoms with Crippen molar-refractivity contribution in [2.45, 2.75) is 25.5 Å². The summed E-state index contributed by atoms with van der Waals surface area (Å²) in [4.78, 5) is 24.3. The fourth-order valence-electron chi connectivity index (χ4n) is 2.55. The summed E-state index contributed by atoms with van der Waals surface area (Å²) in [6.45, 7) is 1.28. The Morgan fingerprint density at radius 1 is 0.636 bits per heavy atom. The topological polar surface area (TPSA) is 58.2 Å². The van der Waals surface area contributed by atoms with Crippen molar-refractivity contribution in [1.82, 2.24) is 10.6 Å². The molecule has 2 amide bonds. The highest BCUT2D eigenvalue weighted by molar-refractivity contribution is 7.80. The molecule has 14 heteroatoms. The van der Waals surface area contributed by atoms with Crippen LogP contribution in [0, 0.1) is 6.92 Å². The highest BCUT2D eigenvalue weighted by Gasteiger charge is 2.37. The molecule has 0 atom stereocenters. The van der Waals surface area contributed by atoms with E-state index in [0.717, 1.165) is 12.1 Å². The van der Waals surface area contributed by atoms with Crippen molar-refractivity contribution in [2.24, 2.45) is 0 Å². The van der Waals surface area contributed by atoms with E-state index in [9.17, 15) is 49.1 Å². The normalized spacial score (nSPS) is 12.3. The summed E-state index contributed by atoms with van der Waals surface area (Å²) < 4.78 is 116. The van der Waals surface area contributed by atoms with Crippen LogP contribution in [0.15, 0.2) is 36.4 Å². The van der Waals surface area contributed by atoms with Gasteiger partial charge in [-0.2, -0.15) is 39.5 Å². The van der Waals surface area contributed by atoms with Crippen LogP contribution in [-0.4, -0.2) is 16.9 Å². The molecule has 0 saturated carbocycles. The molecule has 0 bridgehead atoms. The third kappa shape index (κ3) is 6.91. The van der Waals surface area contributed by atoms with Crippen molar-refractivity contribution in [3.8, 4) is 0 Å². The van der Waals surface area contributed by atoms with Crippen LogP contribution in [0.1, 0.15) is 43.0 Å². The number of alkyl halides is 9. The van der Waals surface area contributed by atoms with Crippen LogP contribution >= 0.6 is 12.2 Å². The second-order valence-corrected chi connectivity index (χ2v) is 7.03. The first-order valence-corrected chi connectivity index (χ1v) is 8.94. The van der Waals surface area contributed by atoms with Crippen molar-refractivity contribution in [1.29, 1.82) is 0 Å². The first-order valence-electron chi connectivity index (χ1n) is 8.53. The maximum atomic E-state index is 12.9. The molecule has 2 rings (SSSR count). The molecule has 0 saturated heterocycles. The highest BCUT2D eigenvalue weighted by Crippen LogP contribution is 2.36. The summed E-state index contributed by atoms with van der Waals surface area (Å²) in [5.74, 6) is -2.72. The Balaban J connectivity index is 2.24. The third-order valence-corrected chi connectivity index (χ3v) is 4.17. The molecule has 0 heterocycles. The zero-order valence-corrected chi connectivity index (χ0v) is 16.9. The fourth-order valence-corrected chi connectivity index (χ4v) is 2.73. The van der Waals surface area contributed by atoms with E-state index in [4.69, 9.17) is 0 Å². The molecule has 0 spiro atoms. The lowest BCUT2D eigenvalue weighted by Gasteiger charge is -2.15. The maximum absolute atomic E-state index is 12.9. The summed E-state index contributed by atoms with van der Waals surface area (Å²) in [5, 5.41) is 2.70. The molecule has 0 unspecified atom stereocenters. The Morgan fingerprint density at radius 2 is 0.970 bits per heavy atom. The molecule has 2 aromatic rings. The second-order valence-electron chi connectivity index (χ2n) is 6.62. The quantitative estimate of drug-likeness (QED) is 0.422. The molecular weight excluding hydrogens is 491 g/mol. The number of hydrogen-bond donors (Lipinski definition) is 2. The van der Waals surface area contributed by atoms with Crippen molar-refractivity contribution < 1.29 is 49.1 Å². The molecule has 2 N–H and O–H groups in total. The third-order valence-electron chi connectivity index (χ3n) is 3.97. The molecule has 0 aliphatic heterocycles. The van der Waals surface area contributed by atoms with E-state index >= 15 is 0 Å². The Labute approximate surface area is 184 Å². The smallest absolute Gasteiger partial charge is 0.299 e. The number of halogens is 9. The van der Waals surface area contributed by atoms with Gasteiger partial charge in [0.15, 0.2) is 5.11 Å². The molecular formula is C19H11F9N2O2S. The minimum Gasteiger partial charge on any atom is -0.299 e. The lowest BCUT2D eigenvalue weighted by Crippen LogP contribution is -2.42. The van der Waals surface area contributed by atoms with Gasteiger partial charge in [-0.1, -0.05) is 0 Å². The maximum Gasteiger partial charge on any atom is 0.416 e. The molecule has 33 heavy (non-hydrogen) atoms. The van der Waals surface area contributed by atoms with E-state index in [0.29, 0.717) is 6.07 Å². The number of amides is 2. The Morgan fingerprint density at radius 3 is 1.33 bits per heavy atom. The Bertz CT molecular complexity index is 1070. The van der Waals surface area contributed by atoms with Gasteiger partial charge in [0.1, 0.15) is 0 Å². The van der Waals surface area contributed by atoms with Crippen LogP contribution in [0.4, 0.5) is 39.5 Å². The molecule has 178 valence electrons. The summed E-state index contributed by atoms with van der Waals surface area (Å²) in [5.41, 5.74) is -6.16. The van der Waals surface area contributed by atoms with Crippen LogP contribution in [-0.2, 0) is 18.5 Å². The van der Waals surface area contributed by atoms with Crippen LogP contribution in [0.3, 0.4) is 0 Å². The standard InChI is InChI=1S/C19H11F9N2O2S/c1-8-2-9(4-11(3-8)17(20,21)22)14(31)29-16(33)30-15(32)10-5-12(18(23,24)25)7-13(6-10)19(26,27)28/h2-7H,1H3,(H2,29,30,31,32,33). The lowest BCUT2D eigenvalue weighted by molar-refractivity contribution is -0.143. The van der Waals surface area contributed by atoms with Gasteiger partial charge in [0.2, 0.25) is 0 Å². The Kier molecular flexibility index (Phi) is 7.12. The molecule has 0 fully saturated rings. The zero-order valence-electron chi connectivity index (χ0n) is 16.1. The first kappa shape index (κ1) is 26.1. The summed E-state index contributed by atoms with van der Waals surface area (Å²) in [7, 11) is 0. The van der Waals surface area contributed by atoms with Gasteiger partial charge in [-0.25, -0.2) is 0 Å². The van der Waals surface area contributed by atoms with Gasteiger partial charge in [0.25, 0.3) is 11.8 Å². The summed E-state index contributed by atoms with van der Waals surface area (Å²) >= 11 is 4.63. The average Bonchev–Trinajstić information content (AvgIpc) is 2.64. The average molecular weight is 502 g/mol. The Hall–Kier alpha value is -3.16. The minimum atomic E-state index is -5.20. The van der Waals surface area contributed by atoms with Crippen molar-refractivity contribution >= 4 is 29.1 Å².